The van der Waals surface area contributed by atoms with Crippen LogP contribution >= 0.6 is 11.3 Å². The minimum atomic E-state index is 0.922. The zero-order valence-electron chi connectivity index (χ0n) is 6.55. The molecule has 1 heterocycles. The van der Waals surface area contributed by atoms with Gasteiger partial charge in [0.25, 0.3) is 0 Å². The molecule has 0 aliphatic heterocycles. The lowest BCUT2D eigenvalue weighted by Crippen LogP contribution is -2.22. The average molecular weight is 170 g/mol. The Labute approximate surface area is 71.4 Å². The van der Waals surface area contributed by atoms with Crippen LogP contribution in [0.5, 0.6) is 0 Å². The molecule has 1 aromatic heterocycles. The molecule has 62 valence electrons. The summed E-state index contributed by atoms with van der Waals surface area (Å²) in [6, 6.07) is 4.28. The number of hydrazine groups is 1. The minimum absolute atomic E-state index is 0.922. The molecule has 0 aliphatic carbocycles. The van der Waals surface area contributed by atoms with Crippen molar-refractivity contribution >= 4 is 11.3 Å². The smallest absolute Gasteiger partial charge is 0.00975 e. The fourth-order valence-electron chi connectivity index (χ4n) is 0.981. The molecule has 0 amide bonds. The SMILES string of the molecule is NNCCCCc1cccs1. The van der Waals surface area contributed by atoms with Crippen LogP contribution < -0.4 is 11.3 Å². The van der Waals surface area contributed by atoms with Gasteiger partial charge in [-0.3, -0.25) is 11.3 Å². The molecule has 0 fully saturated rings. The van der Waals surface area contributed by atoms with Crippen LogP contribution in [0.4, 0.5) is 0 Å². The van der Waals surface area contributed by atoms with Crippen LogP contribution in [-0.2, 0) is 6.42 Å². The Bertz CT molecular complexity index is 172. The van der Waals surface area contributed by atoms with Gasteiger partial charge in [-0.1, -0.05) is 6.07 Å². The molecule has 0 radical (unpaired) electrons. The summed E-state index contributed by atoms with van der Waals surface area (Å²) in [5.41, 5.74) is 2.65. The topological polar surface area (TPSA) is 38.0 Å². The molecule has 1 rings (SSSR count). The summed E-state index contributed by atoms with van der Waals surface area (Å²) < 4.78 is 0. The standard InChI is InChI=1S/C8H14N2S/c9-10-6-2-1-4-8-5-3-7-11-8/h3,5,7,10H,1-2,4,6,9H2. The van der Waals surface area contributed by atoms with E-state index in [0.29, 0.717) is 0 Å². The monoisotopic (exact) mass is 170 g/mol. The number of hydrogen-bond acceptors (Lipinski definition) is 3. The van der Waals surface area contributed by atoms with E-state index in [1.807, 2.05) is 11.3 Å². The molecular formula is C8H14N2S. The van der Waals surface area contributed by atoms with E-state index in [9.17, 15) is 0 Å². The second kappa shape index (κ2) is 5.29. The van der Waals surface area contributed by atoms with Crippen molar-refractivity contribution in [1.29, 1.82) is 0 Å². The van der Waals surface area contributed by atoms with Gasteiger partial charge in [0.1, 0.15) is 0 Å². The van der Waals surface area contributed by atoms with E-state index in [0.717, 1.165) is 13.0 Å². The maximum Gasteiger partial charge on any atom is 0.00975 e. The number of unbranched alkanes of at least 4 members (excludes halogenated alkanes) is 1. The Morgan fingerprint density at radius 2 is 2.36 bits per heavy atom. The second-order valence-corrected chi connectivity index (χ2v) is 3.52. The van der Waals surface area contributed by atoms with Crippen LogP contribution in [0.25, 0.3) is 0 Å². The summed E-state index contributed by atoms with van der Waals surface area (Å²) in [5.74, 6) is 5.14. The molecule has 3 heteroatoms. The van der Waals surface area contributed by atoms with Crippen LogP contribution in [0.2, 0.25) is 0 Å². The highest BCUT2D eigenvalue weighted by molar-refractivity contribution is 7.09. The molecule has 0 spiro atoms. The van der Waals surface area contributed by atoms with Gasteiger partial charge in [-0.05, 0) is 30.7 Å². The van der Waals surface area contributed by atoms with Crippen molar-refractivity contribution in [3.8, 4) is 0 Å². The third-order valence-corrected chi connectivity index (χ3v) is 2.51. The summed E-state index contributed by atoms with van der Waals surface area (Å²) in [5, 5.41) is 2.12. The second-order valence-electron chi connectivity index (χ2n) is 2.49. The highest BCUT2D eigenvalue weighted by Crippen LogP contribution is 2.11. The fourth-order valence-corrected chi connectivity index (χ4v) is 1.73. The summed E-state index contributed by atoms with van der Waals surface area (Å²) in [6.45, 7) is 0.922. The molecule has 11 heavy (non-hydrogen) atoms. The van der Waals surface area contributed by atoms with Gasteiger partial charge in [-0.25, -0.2) is 0 Å². The average Bonchev–Trinajstić information content (AvgIpc) is 2.50. The maximum absolute atomic E-state index is 5.14. The minimum Gasteiger partial charge on any atom is -0.271 e. The van der Waals surface area contributed by atoms with E-state index in [1.54, 1.807) is 0 Å². The molecule has 1 aromatic rings. The van der Waals surface area contributed by atoms with Gasteiger partial charge in [0.15, 0.2) is 0 Å². The number of rotatable bonds is 5. The first-order valence-electron chi connectivity index (χ1n) is 3.89. The third-order valence-electron chi connectivity index (χ3n) is 1.57. The van der Waals surface area contributed by atoms with Crippen molar-refractivity contribution in [2.75, 3.05) is 6.54 Å². The lowest BCUT2D eigenvalue weighted by molar-refractivity contribution is 0.647. The summed E-state index contributed by atoms with van der Waals surface area (Å²) in [6.07, 6.45) is 3.58. The van der Waals surface area contributed by atoms with E-state index in [4.69, 9.17) is 5.84 Å². The number of aryl methyl sites for hydroxylation is 1. The van der Waals surface area contributed by atoms with E-state index in [1.165, 1.54) is 17.7 Å². The molecule has 0 atom stereocenters. The molecule has 0 saturated carbocycles. The lowest BCUT2D eigenvalue weighted by Gasteiger charge is -1.97. The highest BCUT2D eigenvalue weighted by Gasteiger charge is 1.92. The fraction of sp³-hybridized carbons (Fsp3) is 0.500. The highest BCUT2D eigenvalue weighted by atomic mass is 32.1. The number of hydrogen-bond donors (Lipinski definition) is 2. The van der Waals surface area contributed by atoms with Gasteiger partial charge in [-0.2, -0.15) is 0 Å². The summed E-state index contributed by atoms with van der Waals surface area (Å²) in [7, 11) is 0. The first kappa shape index (κ1) is 8.71. The Morgan fingerprint density at radius 1 is 1.45 bits per heavy atom. The van der Waals surface area contributed by atoms with E-state index in [2.05, 4.69) is 22.9 Å². The molecule has 2 nitrogen and oxygen atoms in total. The van der Waals surface area contributed by atoms with Crippen LogP contribution in [0, 0.1) is 0 Å². The van der Waals surface area contributed by atoms with Crippen molar-refractivity contribution in [2.24, 2.45) is 5.84 Å². The van der Waals surface area contributed by atoms with Gasteiger partial charge in [-0.15, -0.1) is 11.3 Å². The third kappa shape index (κ3) is 3.51. The van der Waals surface area contributed by atoms with Crippen molar-refractivity contribution in [3.63, 3.8) is 0 Å². The van der Waals surface area contributed by atoms with Crippen molar-refractivity contribution in [1.82, 2.24) is 5.43 Å². The first-order valence-corrected chi connectivity index (χ1v) is 4.77. The Kier molecular flexibility index (Phi) is 4.19. The summed E-state index contributed by atoms with van der Waals surface area (Å²) >= 11 is 1.83. The van der Waals surface area contributed by atoms with Gasteiger partial charge in [0, 0.05) is 11.4 Å². The van der Waals surface area contributed by atoms with Crippen molar-refractivity contribution < 1.29 is 0 Å². The van der Waals surface area contributed by atoms with Crippen LogP contribution in [0.3, 0.4) is 0 Å². The maximum atomic E-state index is 5.14. The van der Waals surface area contributed by atoms with Gasteiger partial charge in [0.2, 0.25) is 0 Å². The Balaban J connectivity index is 2.04. The van der Waals surface area contributed by atoms with Crippen molar-refractivity contribution in [2.45, 2.75) is 19.3 Å². The van der Waals surface area contributed by atoms with Crippen molar-refractivity contribution in [3.05, 3.63) is 22.4 Å². The first-order chi connectivity index (χ1) is 5.43. The molecule has 0 saturated heterocycles. The zero-order valence-corrected chi connectivity index (χ0v) is 7.36. The Hall–Kier alpha value is -0.380. The van der Waals surface area contributed by atoms with E-state index >= 15 is 0 Å². The largest absolute Gasteiger partial charge is 0.271 e. The predicted octanol–water partition coefficient (Wildman–Crippen LogP) is 1.53. The molecule has 0 unspecified atom stereocenters. The molecular weight excluding hydrogens is 156 g/mol. The number of thiophene rings is 1. The van der Waals surface area contributed by atoms with Crippen LogP contribution in [0.15, 0.2) is 17.5 Å². The predicted molar refractivity (Wildman–Crippen MR) is 49.4 cm³/mol. The molecule has 3 N–H and O–H groups in total. The van der Waals surface area contributed by atoms with E-state index < -0.39 is 0 Å². The summed E-state index contributed by atoms with van der Waals surface area (Å²) in [4.78, 5) is 1.47. The van der Waals surface area contributed by atoms with Crippen LogP contribution in [-0.4, -0.2) is 6.54 Å². The molecule has 0 aliphatic rings. The van der Waals surface area contributed by atoms with Gasteiger partial charge >= 0.3 is 0 Å². The van der Waals surface area contributed by atoms with E-state index in [-0.39, 0.29) is 0 Å². The van der Waals surface area contributed by atoms with Gasteiger partial charge < -0.3 is 0 Å². The zero-order chi connectivity index (χ0) is 7.94. The number of nitrogens with one attached hydrogen (secondary N) is 1. The quantitative estimate of drug-likeness (QED) is 0.399. The normalized spacial score (nSPS) is 10.3. The Morgan fingerprint density at radius 3 is 3.00 bits per heavy atom. The molecule has 0 aromatic carbocycles. The lowest BCUT2D eigenvalue weighted by atomic mass is 10.2. The van der Waals surface area contributed by atoms with Crippen LogP contribution in [0.1, 0.15) is 17.7 Å². The molecule has 0 bridgehead atoms. The van der Waals surface area contributed by atoms with Gasteiger partial charge in [0.05, 0.1) is 0 Å². The number of nitrogens with two attached hydrogens (primary N) is 1.